The molecule has 0 saturated heterocycles. The minimum absolute atomic E-state index is 0.0166. The molecule has 0 unspecified atom stereocenters. The van der Waals surface area contributed by atoms with E-state index in [1.54, 1.807) is 12.1 Å². The number of nitrogens with zero attached hydrogens (tertiary/aromatic N) is 1. The summed E-state index contributed by atoms with van der Waals surface area (Å²) >= 11 is 0. The maximum absolute atomic E-state index is 13.1. The van der Waals surface area contributed by atoms with Gasteiger partial charge in [0.25, 0.3) is 5.91 Å². The third kappa shape index (κ3) is 3.29. The van der Waals surface area contributed by atoms with Crippen LogP contribution in [0.3, 0.4) is 0 Å². The van der Waals surface area contributed by atoms with Crippen LogP contribution in [0, 0.1) is 23.7 Å². The van der Waals surface area contributed by atoms with Gasteiger partial charge in [0.1, 0.15) is 5.82 Å². The molecule has 4 bridgehead atoms. The predicted molar refractivity (Wildman–Crippen MR) is 121 cm³/mol. The lowest BCUT2D eigenvalue weighted by atomic mass is 9.54. The normalized spacial score (nSPS) is 28.1. The number of methoxy groups -OCH3 is 1. The molecule has 4 fully saturated rings. The van der Waals surface area contributed by atoms with Crippen LogP contribution in [0.15, 0.2) is 42.5 Å². The summed E-state index contributed by atoms with van der Waals surface area (Å²) in [6, 6.07) is 13.1. The first-order valence-corrected chi connectivity index (χ1v) is 11.6. The lowest BCUT2D eigenvalue weighted by Crippen LogP contribution is -2.55. The first-order valence-electron chi connectivity index (χ1n) is 11.6. The molecule has 0 aliphatic heterocycles. The maximum Gasteiger partial charge on any atom is 0.337 e. The Morgan fingerprint density at radius 3 is 2.25 bits per heavy atom. The van der Waals surface area contributed by atoms with Crippen molar-refractivity contribution in [1.29, 1.82) is 0 Å². The standard InChI is InChI=1S/C26H27N3O3/c1-32-26(31)17-4-2-16(3-5-17)24-27-21-7-6-18(13-22(21)28-24)25(30)29-23-19-9-14-8-15(11-19)12-20(23)10-14/h2-7,13-15,19-20,23H,8-12H2,1H3,(H,27,28)(H,29,30). The highest BCUT2D eigenvalue weighted by atomic mass is 16.5. The van der Waals surface area contributed by atoms with Crippen LogP contribution in [0.5, 0.6) is 0 Å². The first kappa shape index (κ1) is 19.5. The molecular formula is C26H27N3O3. The largest absolute Gasteiger partial charge is 0.465 e. The van der Waals surface area contributed by atoms with Crippen molar-refractivity contribution in [3.05, 3.63) is 53.6 Å². The highest BCUT2D eigenvalue weighted by Crippen LogP contribution is 2.53. The highest BCUT2D eigenvalue weighted by molar-refractivity contribution is 5.98. The summed E-state index contributed by atoms with van der Waals surface area (Å²) in [7, 11) is 1.37. The number of amides is 1. The molecule has 2 aromatic carbocycles. The van der Waals surface area contributed by atoms with Gasteiger partial charge in [-0.1, -0.05) is 12.1 Å². The van der Waals surface area contributed by atoms with Gasteiger partial charge >= 0.3 is 5.97 Å². The summed E-state index contributed by atoms with van der Waals surface area (Å²) in [6.45, 7) is 0. The van der Waals surface area contributed by atoms with Crippen molar-refractivity contribution in [2.75, 3.05) is 7.11 Å². The van der Waals surface area contributed by atoms with Gasteiger partial charge < -0.3 is 15.0 Å². The number of aromatic nitrogens is 2. The number of ether oxygens (including phenoxy) is 1. The van der Waals surface area contributed by atoms with E-state index < -0.39 is 0 Å². The average molecular weight is 430 g/mol. The van der Waals surface area contributed by atoms with Crippen molar-refractivity contribution in [3.63, 3.8) is 0 Å². The van der Waals surface area contributed by atoms with Gasteiger partial charge in [-0.25, -0.2) is 9.78 Å². The van der Waals surface area contributed by atoms with Crippen LogP contribution in [0.4, 0.5) is 0 Å². The number of carbonyl (C=O) groups is 2. The minimum atomic E-state index is -0.365. The van der Waals surface area contributed by atoms with E-state index in [1.165, 1.54) is 39.2 Å². The molecular weight excluding hydrogens is 402 g/mol. The lowest BCUT2D eigenvalue weighted by Gasteiger charge is -2.54. The Balaban J connectivity index is 1.21. The second-order valence-corrected chi connectivity index (χ2v) is 9.82. The van der Waals surface area contributed by atoms with Gasteiger partial charge in [0, 0.05) is 17.2 Å². The lowest BCUT2D eigenvalue weighted by molar-refractivity contribution is -0.0119. The quantitative estimate of drug-likeness (QED) is 0.595. The number of benzene rings is 2. The van der Waals surface area contributed by atoms with Crippen molar-refractivity contribution in [2.24, 2.45) is 23.7 Å². The zero-order chi connectivity index (χ0) is 21.8. The SMILES string of the molecule is COC(=O)c1ccc(-c2nc3ccc(C(=O)NC4C5CC6CC(C5)CC4C6)cc3[nH]2)cc1. The third-order valence-electron chi connectivity index (χ3n) is 7.85. The Morgan fingerprint density at radius 1 is 0.938 bits per heavy atom. The van der Waals surface area contributed by atoms with Gasteiger partial charge in [-0.3, -0.25) is 4.79 Å². The van der Waals surface area contributed by atoms with Crippen LogP contribution < -0.4 is 5.32 Å². The van der Waals surface area contributed by atoms with E-state index in [9.17, 15) is 9.59 Å². The number of H-pyrrole nitrogens is 1. The Labute approximate surface area is 186 Å². The fraction of sp³-hybridized carbons (Fsp3) is 0.423. The van der Waals surface area contributed by atoms with Gasteiger partial charge in [0.15, 0.2) is 0 Å². The fourth-order valence-electron chi connectivity index (χ4n) is 6.57. The second-order valence-electron chi connectivity index (χ2n) is 9.82. The average Bonchev–Trinajstić information content (AvgIpc) is 3.24. The topological polar surface area (TPSA) is 84.1 Å². The molecule has 0 spiro atoms. The van der Waals surface area contributed by atoms with Crippen LogP contribution in [0.2, 0.25) is 0 Å². The molecule has 2 N–H and O–H groups in total. The Kier molecular flexibility index (Phi) is 4.56. The van der Waals surface area contributed by atoms with Crippen molar-refractivity contribution in [1.82, 2.24) is 15.3 Å². The molecule has 1 heterocycles. The minimum Gasteiger partial charge on any atom is -0.465 e. The van der Waals surface area contributed by atoms with E-state index in [0.29, 0.717) is 34.8 Å². The number of carbonyl (C=O) groups excluding carboxylic acids is 2. The van der Waals surface area contributed by atoms with Gasteiger partial charge in [0.2, 0.25) is 0 Å². The molecule has 32 heavy (non-hydrogen) atoms. The van der Waals surface area contributed by atoms with Crippen LogP contribution >= 0.6 is 0 Å². The highest BCUT2D eigenvalue weighted by Gasteiger charge is 2.48. The van der Waals surface area contributed by atoms with Crippen molar-refractivity contribution >= 4 is 22.9 Å². The molecule has 6 nitrogen and oxygen atoms in total. The smallest absolute Gasteiger partial charge is 0.337 e. The summed E-state index contributed by atoms with van der Waals surface area (Å²) in [6.07, 6.45) is 6.56. The molecule has 3 aromatic rings. The molecule has 4 aliphatic rings. The molecule has 0 atom stereocenters. The van der Waals surface area contributed by atoms with E-state index in [1.807, 2.05) is 30.3 Å². The Hall–Kier alpha value is -3.15. The number of aromatic amines is 1. The number of rotatable bonds is 4. The van der Waals surface area contributed by atoms with Crippen molar-refractivity contribution in [3.8, 4) is 11.4 Å². The first-order chi connectivity index (χ1) is 15.6. The maximum atomic E-state index is 13.1. The van der Waals surface area contributed by atoms with E-state index in [0.717, 1.165) is 28.4 Å². The molecule has 0 radical (unpaired) electrons. The summed E-state index contributed by atoms with van der Waals surface area (Å²) < 4.78 is 4.75. The zero-order valence-electron chi connectivity index (χ0n) is 18.1. The van der Waals surface area contributed by atoms with Crippen molar-refractivity contribution < 1.29 is 14.3 Å². The number of hydrogen-bond acceptors (Lipinski definition) is 4. The molecule has 1 amide bonds. The second kappa shape index (κ2) is 7.47. The van der Waals surface area contributed by atoms with Crippen LogP contribution in [-0.2, 0) is 4.74 Å². The Morgan fingerprint density at radius 2 is 1.59 bits per heavy atom. The van der Waals surface area contributed by atoms with Gasteiger partial charge in [0.05, 0.1) is 23.7 Å². The molecule has 1 aromatic heterocycles. The van der Waals surface area contributed by atoms with Gasteiger partial charge in [-0.15, -0.1) is 0 Å². The molecule has 164 valence electrons. The summed E-state index contributed by atoms with van der Waals surface area (Å²) in [4.78, 5) is 32.7. The predicted octanol–water partition coefficient (Wildman–Crippen LogP) is 4.57. The van der Waals surface area contributed by atoms with E-state index >= 15 is 0 Å². The molecule has 4 aliphatic carbocycles. The number of imidazole rings is 1. The van der Waals surface area contributed by atoms with Crippen LogP contribution in [0.25, 0.3) is 22.4 Å². The molecule has 4 saturated carbocycles. The zero-order valence-corrected chi connectivity index (χ0v) is 18.1. The summed E-state index contributed by atoms with van der Waals surface area (Å²) in [5.41, 5.74) is 3.67. The number of nitrogens with one attached hydrogen (secondary N) is 2. The van der Waals surface area contributed by atoms with E-state index in [-0.39, 0.29) is 11.9 Å². The summed E-state index contributed by atoms with van der Waals surface area (Å²) in [5, 5.41) is 3.39. The number of fused-ring (bicyclic) bond motifs is 1. The van der Waals surface area contributed by atoms with Gasteiger partial charge in [-0.2, -0.15) is 0 Å². The fourth-order valence-corrected chi connectivity index (χ4v) is 6.57. The number of esters is 1. The van der Waals surface area contributed by atoms with Gasteiger partial charge in [-0.05, 0) is 86.1 Å². The molecule has 7 rings (SSSR count). The van der Waals surface area contributed by atoms with Crippen molar-refractivity contribution in [2.45, 2.75) is 38.1 Å². The van der Waals surface area contributed by atoms with Crippen LogP contribution in [-0.4, -0.2) is 35.0 Å². The monoisotopic (exact) mass is 429 g/mol. The summed E-state index contributed by atoms with van der Waals surface area (Å²) in [5.74, 6) is 3.46. The Bertz CT molecular complexity index is 1170. The number of hydrogen-bond donors (Lipinski definition) is 2. The van der Waals surface area contributed by atoms with E-state index in [2.05, 4.69) is 15.3 Å². The van der Waals surface area contributed by atoms with Crippen LogP contribution in [0.1, 0.15) is 52.8 Å². The third-order valence-corrected chi connectivity index (χ3v) is 7.85. The van der Waals surface area contributed by atoms with E-state index in [4.69, 9.17) is 4.74 Å². The molecule has 6 heteroatoms.